The van der Waals surface area contributed by atoms with E-state index < -0.39 is 5.54 Å². The molecule has 0 aromatic carbocycles. The Morgan fingerprint density at radius 1 is 1.77 bits per heavy atom. The van der Waals surface area contributed by atoms with Gasteiger partial charge in [0.15, 0.2) is 0 Å². The molecule has 0 radical (unpaired) electrons. The number of nitrogens with one attached hydrogen (secondary N) is 1. The van der Waals surface area contributed by atoms with Gasteiger partial charge in [0, 0.05) is 0 Å². The summed E-state index contributed by atoms with van der Waals surface area (Å²) in [5.41, 5.74) is 5.12. The third-order valence-electron chi connectivity index (χ3n) is 2.10. The fraction of sp³-hybridized carbons (Fsp3) is 0.500. The van der Waals surface area contributed by atoms with Crippen molar-refractivity contribution in [3.8, 4) is 0 Å². The largest absolute Gasteiger partial charge is 0.317 e. The van der Waals surface area contributed by atoms with Gasteiger partial charge in [-0.2, -0.15) is 0 Å². The maximum absolute atomic E-state index is 11.4. The van der Waals surface area contributed by atoms with Gasteiger partial charge >= 0.3 is 0 Å². The van der Waals surface area contributed by atoms with Gasteiger partial charge in [-0.3, -0.25) is 4.79 Å². The maximum Gasteiger partial charge on any atom is 0.245 e. The van der Waals surface area contributed by atoms with Gasteiger partial charge in [-0.1, -0.05) is 0 Å². The van der Waals surface area contributed by atoms with Crippen LogP contribution in [0, 0.1) is 6.92 Å². The molecule has 1 heterocycles. The average molecular weight is 197 g/mol. The van der Waals surface area contributed by atoms with Crippen LogP contribution >= 0.6 is 11.3 Å². The first-order valence-corrected chi connectivity index (χ1v) is 4.95. The number of thiazole rings is 1. The van der Waals surface area contributed by atoms with E-state index in [0.29, 0.717) is 0 Å². The lowest BCUT2D eigenvalue weighted by Gasteiger charge is -2.06. The molecule has 1 aliphatic rings. The van der Waals surface area contributed by atoms with Crippen LogP contribution in [0.3, 0.4) is 0 Å². The molecular weight excluding hydrogens is 186 g/mol. The van der Waals surface area contributed by atoms with Crippen LogP contribution in [0.2, 0.25) is 0 Å². The van der Waals surface area contributed by atoms with Crippen LogP contribution < -0.4 is 11.1 Å². The summed E-state index contributed by atoms with van der Waals surface area (Å²) in [6.45, 7) is 1.90. The standard InChI is InChI=1S/C8H11N3OS/c1-5-10-4-6(13-5)11-7(12)8(9)2-3-8/h4H,2-3,9H2,1H3,(H,11,12). The molecule has 0 unspecified atom stereocenters. The second kappa shape index (κ2) is 2.78. The van der Waals surface area contributed by atoms with E-state index in [0.717, 1.165) is 22.9 Å². The Balaban J connectivity index is 2.02. The number of hydrogen-bond donors (Lipinski definition) is 2. The van der Waals surface area contributed by atoms with Gasteiger partial charge in [-0.25, -0.2) is 4.98 Å². The number of carbonyl (C=O) groups is 1. The first kappa shape index (κ1) is 8.65. The highest BCUT2D eigenvalue weighted by Crippen LogP contribution is 2.33. The van der Waals surface area contributed by atoms with E-state index >= 15 is 0 Å². The number of hydrogen-bond acceptors (Lipinski definition) is 4. The minimum atomic E-state index is -0.599. The van der Waals surface area contributed by atoms with Crippen LogP contribution in [0.25, 0.3) is 0 Å². The van der Waals surface area contributed by atoms with Gasteiger partial charge in [0.2, 0.25) is 5.91 Å². The van der Waals surface area contributed by atoms with Crippen molar-refractivity contribution in [3.63, 3.8) is 0 Å². The molecule has 4 nitrogen and oxygen atoms in total. The van der Waals surface area contributed by atoms with Gasteiger partial charge in [0.1, 0.15) is 5.00 Å². The number of anilines is 1. The van der Waals surface area contributed by atoms with E-state index in [9.17, 15) is 4.79 Å². The Hall–Kier alpha value is -0.940. The minimum Gasteiger partial charge on any atom is -0.317 e. The second-order valence-corrected chi connectivity index (χ2v) is 4.59. The van der Waals surface area contributed by atoms with Crippen LogP contribution in [-0.4, -0.2) is 16.4 Å². The van der Waals surface area contributed by atoms with Gasteiger partial charge in [-0.15, -0.1) is 11.3 Å². The Bertz CT molecular complexity index is 343. The van der Waals surface area contributed by atoms with Crippen molar-refractivity contribution < 1.29 is 4.79 Å². The molecule has 70 valence electrons. The van der Waals surface area contributed by atoms with Crippen molar-refractivity contribution in [1.82, 2.24) is 4.98 Å². The molecule has 0 aliphatic heterocycles. The summed E-state index contributed by atoms with van der Waals surface area (Å²) in [6.07, 6.45) is 3.23. The molecule has 1 aromatic rings. The Labute approximate surface area is 80.2 Å². The first-order chi connectivity index (χ1) is 6.10. The summed E-state index contributed by atoms with van der Waals surface area (Å²) >= 11 is 1.46. The fourth-order valence-electron chi connectivity index (χ4n) is 1.02. The number of aromatic nitrogens is 1. The third kappa shape index (κ3) is 1.71. The Morgan fingerprint density at radius 3 is 2.92 bits per heavy atom. The molecule has 2 rings (SSSR count). The number of rotatable bonds is 2. The molecule has 3 N–H and O–H groups in total. The Kier molecular flexibility index (Phi) is 1.85. The molecule has 5 heteroatoms. The quantitative estimate of drug-likeness (QED) is 0.739. The molecule has 1 aliphatic carbocycles. The van der Waals surface area contributed by atoms with Crippen molar-refractivity contribution in [3.05, 3.63) is 11.2 Å². The predicted octanol–water partition coefficient (Wildman–Crippen LogP) is 0.881. The lowest BCUT2D eigenvalue weighted by atomic mass is 10.3. The highest BCUT2D eigenvalue weighted by Gasteiger charge is 2.46. The first-order valence-electron chi connectivity index (χ1n) is 4.13. The summed E-state index contributed by atoms with van der Waals surface area (Å²) in [5, 5.41) is 4.48. The zero-order chi connectivity index (χ0) is 9.47. The van der Waals surface area contributed by atoms with E-state index in [4.69, 9.17) is 5.73 Å². The van der Waals surface area contributed by atoms with Crippen LogP contribution in [0.4, 0.5) is 5.00 Å². The zero-order valence-electron chi connectivity index (χ0n) is 7.33. The van der Waals surface area contributed by atoms with Crippen molar-refractivity contribution in [1.29, 1.82) is 0 Å². The third-order valence-corrected chi connectivity index (χ3v) is 2.93. The predicted molar refractivity (Wildman–Crippen MR) is 51.6 cm³/mol. The molecule has 1 amide bonds. The normalized spacial score (nSPS) is 18.3. The molecule has 0 spiro atoms. The number of carbonyl (C=O) groups excluding carboxylic acids is 1. The molecule has 0 bridgehead atoms. The van der Waals surface area contributed by atoms with Crippen LogP contribution in [-0.2, 0) is 4.79 Å². The highest BCUT2D eigenvalue weighted by atomic mass is 32.1. The molecule has 0 atom stereocenters. The minimum absolute atomic E-state index is 0.0869. The smallest absolute Gasteiger partial charge is 0.245 e. The van der Waals surface area contributed by atoms with Crippen LogP contribution in [0.5, 0.6) is 0 Å². The second-order valence-electron chi connectivity index (χ2n) is 3.35. The number of nitrogens with zero attached hydrogens (tertiary/aromatic N) is 1. The molecule has 1 aromatic heterocycles. The average Bonchev–Trinajstić information content (AvgIpc) is 2.69. The summed E-state index contributed by atoms with van der Waals surface area (Å²) in [4.78, 5) is 15.5. The molecular formula is C8H11N3OS. The fourth-order valence-corrected chi connectivity index (χ4v) is 1.69. The maximum atomic E-state index is 11.4. The number of aryl methyl sites for hydroxylation is 1. The monoisotopic (exact) mass is 197 g/mol. The summed E-state index contributed by atoms with van der Waals surface area (Å²) < 4.78 is 0. The summed E-state index contributed by atoms with van der Waals surface area (Å²) in [7, 11) is 0. The van der Waals surface area contributed by atoms with Crippen molar-refractivity contribution in [2.24, 2.45) is 5.73 Å². The molecule has 13 heavy (non-hydrogen) atoms. The van der Waals surface area contributed by atoms with Crippen LogP contribution in [0.15, 0.2) is 6.20 Å². The number of amides is 1. The lowest BCUT2D eigenvalue weighted by Crippen LogP contribution is -2.37. The topological polar surface area (TPSA) is 68.0 Å². The van der Waals surface area contributed by atoms with Crippen molar-refractivity contribution in [2.45, 2.75) is 25.3 Å². The summed E-state index contributed by atoms with van der Waals surface area (Å²) in [5.74, 6) is -0.0869. The Morgan fingerprint density at radius 2 is 2.46 bits per heavy atom. The van der Waals surface area contributed by atoms with E-state index in [1.807, 2.05) is 6.92 Å². The molecule has 1 saturated carbocycles. The van der Waals surface area contributed by atoms with Gasteiger partial charge < -0.3 is 11.1 Å². The van der Waals surface area contributed by atoms with Crippen molar-refractivity contribution in [2.75, 3.05) is 5.32 Å². The van der Waals surface area contributed by atoms with Gasteiger partial charge in [0.05, 0.1) is 16.7 Å². The SMILES string of the molecule is Cc1ncc(NC(=O)C2(N)CC2)s1. The van der Waals surface area contributed by atoms with E-state index in [2.05, 4.69) is 10.3 Å². The van der Waals surface area contributed by atoms with E-state index in [-0.39, 0.29) is 5.91 Å². The molecule has 0 saturated heterocycles. The lowest BCUT2D eigenvalue weighted by molar-refractivity contribution is -0.118. The van der Waals surface area contributed by atoms with Gasteiger partial charge in [-0.05, 0) is 19.8 Å². The zero-order valence-corrected chi connectivity index (χ0v) is 8.15. The van der Waals surface area contributed by atoms with E-state index in [1.165, 1.54) is 11.3 Å². The van der Waals surface area contributed by atoms with E-state index in [1.54, 1.807) is 6.20 Å². The molecule has 1 fully saturated rings. The number of nitrogens with two attached hydrogens (primary N) is 1. The van der Waals surface area contributed by atoms with Gasteiger partial charge in [0.25, 0.3) is 0 Å². The van der Waals surface area contributed by atoms with Crippen molar-refractivity contribution >= 4 is 22.2 Å². The summed E-state index contributed by atoms with van der Waals surface area (Å²) in [6, 6.07) is 0. The van der Waals surface area contributed by atoms with Crippen LogP contribution in [0.1, 0.15) is 17.8 Å². The highest BCUT2D eigenvalue weighted by molar-refractivity contribution is 7.15.